The molecule has 202 valence electrons. The lowest BCUT2D eigenvalue weighted by molar-refractivity contribution is -0.139. The van der Waals surface area contributed by atoms with E-state index < -0.39 is 34.4 Å². The van der Waals surface area contributed by atoms with Gasteiger partial charge in [0.25, 0.3) is 10.0 Å². The zero-order chi connectivity index (χ0) is 28.0. The van der Waals surface area contributed by atoms with E-state index in [9.17, 15) is 18.0 Å². The van der Waals surface area contributed by atoms with Crippen LogP contribution in [0.1, 0.15) is 25.0 Å². The van der Waals surface area contributed by atoms with E-state index in [1.165, 1.54) is 17.0 Å². The summed E-state index contributed by atoms with van der Waals surface area (Å²) in [5.74, 6) is -1.03. The van der Waals surface area contributed by atoms with Crippen LogP contribution in [0.2, 0.25) is 15.1 Å². The number of carbonyl (C=O) groups is 2. The zero-order valence-electron chi connectivity index (χ0n) is 21.1. The molecule has 38 heavy (non-hydrogen) atoms. The first-order valence-electron chi connectivity index (χ1n) is 11.8. The number of nitrogens with zero attached hydrogens (tertiary/aromatic N) is 2. The van der Waals surface area contributed by atoms with Crippen LogP contribution in [0.5, 0.6) is 0 Å². The van der Waals surface area contributed by atoms with E-state index in [4.69, 9.17) is 34.8 Å². The lowest BCUT2D eigenvalue weighted by Gasteiger charge is -2.32. The van der Waals surface area contributed by atoms with E-state index in [2.05, 4.69) is 5.32 Å². The summed E-state index contributed by atoms with van der Waals surface area (Å²) in [6.45, 7) is 4.66. The lowest BCUT2D eigenvalue weighted by Crippen LogP contribution is -2.51. The van der Waals surface area contributed by atoms with Gasteiger partial charge >= 0.3 is 0 Å². The Morgan fingerprint density at radius 1 is 0.895 bits per heavy atom. The van der Waals surface area contributed by atoms with Crippen molar-refractivity contribution in [1.82, 2.24) is 10.2 Å². The van der Waals surface area contributed by atoms with Crippen LogP contribution in [-0.2, 0) is 26.2 Å². The fraction of sp³-hybridized carbons (Fsp3) is 0.259. The third-order valence-corrected chi connectivity index (χ3v) is 8.92. The van der Waals surface area contributed by atoms with Crippen molar-refractivity contribution in [2.75, 3.05) is 17.4 Å². The fourth-order valence-electron chi connectivity index (χ4n) is 3.86. The molecule has 3 aromatic carbocycles. The summed E-state index contributed by atoms with van der Waals surface area (Å²) in [6.07, 6.45) is 0. The molecule has 11 heteroatoms. The number of rotatable bonds is 10. The Balaban J connectivity index is 2.10. The van der Waals surface area contributed by atoms with Gasteiger partial charge in [0.2, 0.25) is 11.8 Å². The highest BCUT2D eigenvalue weighted by atomic mass is 35.5. The summed E-state index contributed by atoms with van der Waals surface area (Å²) in [5.41, 5.74) is 1.17. The zero-order valence-corrected chi connectivity index (χ0v) is 24.2. The fourth-order valence-corrected chi connectivity index (χ4v) is 6.04. The van der Waals surface area contributed by atoms with Crippen LogP contribution >= 0.6 is 34.8 Å². The Morgan fingerprint density at radius 2 is 1.47 bits per heavy atom. The Bertz CT molecular complexity index is 1400. The summed E-state index contributed by atoms with van der Waals surface area (Å²) in [6, 6.07) is 16.6. The summed E-state index contributed by atoms with van der Waals surface area (Å²) in [4.78, 5) is 28.0. The van der Waals surface area contributed by atoms with Crippen LogP contribution < -0.4 is 9.62 Å². The van der Waals surface area contributed by atoms with E-state index in [-0.39, 0.29) is 17.1 Å². The van der Waals surface area contributed by atoms with Crippen molar-refractivity contribution in [3.63, 3.8) is 0 Å². The maximum Gasteiger partial charge on any atom is 0.264 e. The van der Waals surface area contributed by atoms with Crippen molar-refractivity contribution in [1.29, 1.82) is 0 Å². The van der Waals surface area contributed by atoms with Crippen LogP contribution in [0.25, 0.3) is 0 Å². The van der Waals surface area contributed by atoms with Gasteiger partial charge in [-0.1, -0.05) is 65.1 Å². The van der Waals surface area contributed by atoms with Gasteiger partial charge in [0.05, 0.1) is 10.6 Å². The van der Waals surface area contributed by atoms with Gasteiger partial charge in [-0.3, -0.25) is 13.9 Å². The SMILES string of the molecule is CCNC(=O)[C@H](C)N(Cc1c(Cl)cccc1Cl)C(=O)CN(c1cccc(Cl)c1C)S(=O)(=O)c1ccccc1. The summed E-state index contributed by atoms with van der Waals surface area (Å²) in [5, 5.41) is 3.69. The number of benzene rings is 3. The summed E-state index contributed by atoms with van der Waals surface area (Å²) in [7, 11) is -4.19. The smallest absolute Gasteiger partial charge is 0.264 e. The average Bonchev–Trinajstić information content (AvgIpc) is 2.89. The number of carbonyl (C=O) groups excluding carboxylic acids is 2. The van der Waals surface area contributed by atoms with Crippen LogP contribution in [0.3, 0.4) is 0 Å². The molecule has 0 aliphatic heterocycles. The third-order valence-electron chi connectivity index (χ3n) is 6.03. The van der Waals surface area contributed by atoms with Gasteiger partial charge in [-0.05, 0) is 62.7 Å². The number of hydrogen-bond donors (Lipinski definition) is 1. The molecule has 3 rings (SSSR count). The van der Waals surface area contributed by atoms with E-state index in [1.54, 1.807) is 75.4 Å². The van der Waals surface area contributed by atoms with E-state index >= 15 is 0 Å². The molecule has 0 saturated heterocycles. The largest absolute Gasteiger partial charge is 0.355 e. The number of hydrogen-bond acceptors (Lipinski definition) is 4. The van der Waals surface area contributed by atoms with Gasteiger partial charge in [-0.25, -0.2) is 8.42 Å². The van der Waals surface area contributed by atoms with Crippen molar-refractivity contribution in [3.05, 3.63) is 92.9 Å². The predicted octanol–water partition coefficient (Wildman–Crippen LogP) is 5.70. The molecule has 2 amide bonds. The molecule has 0 aliphatic rings. The first-order valence-corrected chi connectivity index (χ1v) is 14.4. The number of anilines is 1. The van der Waals surface area contributed by atoms with Crippen LogP contribution in [0.4, 0.5) is 5.69 Å². The average molecular weight is 597 g/mol. The standard InChI is InChI=1S/C27H28Cl3N3O4S/c1-4-31-27(35)19(3)32(16-21-23(29)13-8-14-24(21)30)26(34)17-33(25-15-9-12-22(28)18(25)2)38(36,37)20-10-6-5-7-11-20/h5-15,19H,4,16-17H2,1-3H3,(H,31,35)/t19-/m0/s1. The van der Waals surface area contributed by atoms with Gasteiger partial charge in [-0.2, -0.15) is 0 Å². The van der Waals surface area contributed by atoms with Crippen molar-refractivity contribution in [3.8, 4) is 0 Å². The normalized spacial score (nSPS) is 12.1. The molecule has 7 nitrogen and oxygen atoms in total. The topological polar surface area (TPSA) is 86.8 Å². The number of amides is 2. The van der Waals surface area contributed by atoms with Gasteiger partial charge in [0, 0.05) is 33.7 Å². The maximum absolute atomic E-state index is 13.9. The van der Waals surface area contributed by atoms with E-state index in [0.29, 0.717) is 32.7 Å². The van der Waals surface area contributed by atoms with Crippen LogP contribution in [-0.4, -0.2) is 44.3 Å². The number of halogens is 3. The van der Waals surface area contributed by atoms with Crippen LogP contribution in [0, 0.1) is 6.92 Å². The predicted molar refractivity (Wildman–Crippen MR) is 152 cm³/mol. The molecule has 0 saturated carbocycles. The highest BCUT2D eigenvalue weighted by Crippen LogP contribution is 2.32. The second-order valence-electron chi connectivity index (χ2n) is 8.50. The minimum Gasteiger partial charge on any atom is -0.355 e. The van der Waals surface area contributed by atoms with Gasteiger partial charge < -0.3 is 10.2 Å². The minimum atomic E-state index is -4.19. The molecule has 0 unspecified atom stereocenters. The molecular weight excluding hydrogens is 569 g/mol. The second-order valence-corrected chi connectivity index (χ2v) is 11.6. The molecule has 1 N–H and O–H groups in total. The molecule has 1 atom stereocenters. The molecule has 0 bridgehead atoms. The van der Waals surface area contributed by atoms with Crippen molar-refractivity contribution >= 4 is 62.3 Å². The summed E-state index contributed by atoms with van der Waals surface area (Å²) >= 11 is 19.1. The molecule has 0 aliphatic carbocycles. The Morgan fingerprint density at radius 3 is 2.08 bits per heavy atom. The van der Waals surface area contributed by atoms with Crippen molar-refractivity contribution in [2.24, 2.45) is 0 Å². The first kappa shape index (κ1) is 29.8. The maximum atomic E-state index is 13.9. The highest BCUT2D eigenvalue weighted by molar-refractivity contribution is 7.92. The monoisotopic (exact) mass is 595 g/mol. The third kappa shape index (κ3) is 6.61. The molecule has 3 aromatic rings. The van der Waals surface area contributed by atoms with Crippen molar-refractivity contribution < 1.29 is 18.0 Å². The molecular formula is C27H28Cl3N3O4S. The van der Waals surface area contributed by atoms with Crippen LogP contribution in [0.15, 0.2) is 71.6 Å². The first-order chi connectivity index (χ1) is 18.0. The molecule has 0 fully saturated rings. The minimum absolute atomic E-state index is 0.00430. The number of sulfonamides is 1. The Labute approximate surface area is 238 Å². The van der Waals surface area contributed by atoms with E-state index in [0.717, 1.165) is 4.31 Å². The van der Waals surface area contributed by atoms with Gasteiger partial charge in [0.1, 0.15) is 12.6 Å². The summed E-state index contributed by atoms with van der Waals surface area (Å²) < 4.78 is 28.6. The second kappa shape index (κ2) is 12.8. The highest BCUT2D eigenvalue weighted by Gasteiger charge is 2.33. The molecule has 0 spiro atoms. The Hall–Kier alpha value is -2.78. The van der Waals surface area contributed by atoms with Gasteiger partial charge in [0.15, 0.2) is 0 Å². The number of nitrogens with one attached hydrogen (secondary N) is 1. The molecule has 0 heterocycles. The lowest BCUT2D eigenvalue weighted by atomic mass is 10.1. The molecule has 0 radical (unpaired) electrons. The number of likely N-dealkylation sites (N-methyl/N-ethyl adjacent to an activating group) is 1. The Kier molecular flexibility index (Phi) is 10.1. The quantitative estimate of drug-likeness (QED) is 0.325. The van der Waals surface area contributed by atoms with Crippen molar-refractivity contribution in [2.45, 2.75) is 38.3 Å². The van der Waals surface area contributed by atoms with E-state index in [1.807, 2.05) is 0 Å². The van der Waals surface area contributed by atoms with Gasteiger partial charge in [-0.15, -0.1) is 0 Å². The molecule has 0 aromatic heterocycles.